The van der Waals surface area contributed by atoms with E-state index in [1.165, 1.54) is 38.4 Å². The molecule has 1 atom stereocenters. The van der Waals surface area contributed by atoms with Gasteiger partial charge in [0.1, 0.15) is 0 Å². The van der Waals surface area contributed by atoms with E-state index in [9.17, 15) is 8.42 Å². The minimum absolute atomic E-state index is 0.362. The van der Waals surface area contributed by atoms with Crippen LogP contribution in [0, 0.1) is 5.92 Å². The van der Waals surface area contributed by atoms with Crippen LogP contribution in [0.25, 0.3) is 0 Å². The van der Waals surface area contributed by atoms with Gasteiger partial charge in [-0.15, -0.1) is 0 Å². The maximum atomic E-state index is 11.5. The predicted octanol–water partition coefficient (Wildman–Crippen LogP) is 3.40. The Morgan fingerprint density at radius 3 is 2.31 bits per heavy atom. The summed E-state index contributed by atoms with van der Waals surface area (Å²) in [5, 5.41) is 6.78. The Balaban J connectivity index is 2.42. The fraction of sp³-hybridized carbons (Fsp3) is 0.650. The summed E-state index contributed by atoms with van der Waals surface area (Å²) in [6, 6.07) is 7.08. The van der Waals surface area contributed by atoms with E-state index in [1.54, 1.807) is 19.2 Å². The molecule has 0 radical (unpaired) electrons. The summed E-state index contributed by atoms with van der Waals surface area (Å²) in [6.07, 6.45) is 8.29. The number of hydrogen-bond donors (Lipinski definition) is 2. The predicted molar refractivity (Wildman–Crippen MR) is 111 cm³/mol. The number of nitrogens with one attached hydrogen (secondary N) is 2. The maximum Gasteiger partial charge on any atom is 0.190 e. The number of unbranched alkanes of at least 4 members (excludes halogenated alkanes) is 1. The van der Waals surface area contributed by atoms with Crippen LogP contribution in [0.2, 0.25) is 0 Å². The van der Waals surface area contributed by atoms with Crippen molar-refractivity contribution in [1.82, 2.24) is 10.6 Å². The third-order valence-electron chi connectivity index (χ3n) is 4.50. The molecule has 0 amide bonds. The lowest BCUT2D eigenvalue weighted by molar-refractivity contribution is 0.423. The van der Waals surface area contributed by atoms with Crippen molar-refractivity contribution in [2.45, 2.75) is 57.3 Å². The lowest BCUT2D eigenvalue weighted by Crippen LogP contribution is -2.40. The summed E-state index contributed by atoms with van der Waals surface area (Å²) in [5.41, 5.74) is 1.10. The van der Waals surface area contributed by atoms with Gasteiger partial charge >= 0.3 is 0 Å². The number of sulfone groups is 1. The number of guanidine groups is 1. The van der Waals surface area contributed by atoms with Crippen LogP contribution >= 0.6 is 0 Å². The second kappa shape index (κ2) is 11.9. The molecule has 0 saturated carbocycles. The summed E-state index contributed by atoms with van der Waals surface area (Å²) in [5.74, 6) is 1.53. The Kier molecular flexibility index (Phi) is 10.3. The smallest absolute Gasteiger partial charge is 0.190 e. The van der Waals surface area contributed by atoms with Crippen molar-refractivity contribution in [1.29, 1.82) is 0 Å². The zero-order valence-corrected chi connectivity index (χ0v) is 17.5. The van der Waals surface area contributed by atoms with Crippen molar-refractivity contribution in [2.75, 3.05) is 26.4 Å². The van der Waals surface area contributed by atoms with Gasteiger partial charge in [-0.3, -0.25) is 4.99 Å². The lowest BCUT2D eigenvalue weighted by Gasteiger charge is -2.19. The highest BCUT2D eigenvalue weighted by Gasteiger charge is 2.09. The molecule has 0 aliphatic carbocycles. The molecule has 6 heteroatoms. The topological polar surface area (TPSA) is 70.6 Å². The van der Waals surface area contributed by atoms with Gasteiger partial charge in [0.05, 0.1) is 4.90 Å². The summed E-state index contributed by atoms with van der Waals surface area (Å²) >= 11 is 0. The van der Waals surface area contributed by atoms with Gasteiger partial charge in [0, 0.05) is 26.4 Å². The van der Waals surface area contributed by atoms with Crippen molar-refractivity contribution in [2.24, 2.45) is 10.9 Å². The van der Waals surface area contributed by atoms with E-state index in [1.807, 2.05) is 12.1 Å². The van der Waals surface area contributed by atoms with E-state index in [2.05, 4.69) is 29.5 Å². The van der Waals surface area contributed by atoms with Crippen LogP contribution < -0.4 is 10.6 Å². The minimum atomic E-state index is -3.13. The van der Waals surface area contributed by atoms with Gasteiger partial charge in [-0.25, -0.2) is 8.42 Å². The molecule has 0 aromatic heterocycles. The summed E-state index contributed by atoms with van der Waals surface area (Å²) in [7, 11) is -1.34. The molecule has 5 nitrogen and oxygen atoms in total. The molecule has 2 N–H and O–H groups in total. The average Bonchev–Trinajstić information content (AvgIpc) is 2.61. The van der Waals surface area contributed by atoms with E-state index in [4.69, 9.17) is 0 Å². The second-order valence-electron chi connectivity index (χ2n) is 6.84. The van der Waals surface area contributed by atoms with Crippen molar-refractivity contribution >= 4 is 15.8 Å². The van der Waals surface area contributed by atoms with Gasteiger partial charge in [0.2, 0.25) is 0 Å². The maximum absolute atomic E-state index is 11.5. The monoisotopic (exact) mass is 381 g/mol. The van der Waals surface area contributed by atoms with E-state index in [-0.39, 0.29) is 0 Å². The summed E-state index contributed by atoms with van der Waals surface area (Å²) < 4.78 is 23.0. The summed E-state index contributed by atoms with van der Waals surface area (Å²) in [4.78, 5) is 4.65. The average molecular weight is 382 g/mol. The van der Waals surface area contributed by atoms with Gasteiger partial charge in [-0.1, -0.05) is 45.2 Å². The standard InChI is InChI=1S/C20H35N3O2S/c1-5-7-9-18(8-6-2)16-23-20(21-3)22-15-14-17-10-12-19(13-11-17)26(4,24)25/h10-13,18H,5-9,14-16H2,1-4H3,(H2,21,22,23). The fourth-order valence-electron chi connectivity index (χ4n) is 2.94. The minimum Gasteiger partial charge on any atom is -0.356 e. The first-order chi connectivity index (χ1) is 12.4. The van der Waals surface area contributed by atoms with Crippen molar-refractivity contribution in [3.05, 3.63) is 29.8 Å². The fourth-order valence-corrected chi connectivity index (χ4v) is 3.57. The number of aliphatic imine (C=N–C) groups is 1. The molecule has 1 aromatic rings. The van der Waals surface area contributed by atoms with Gasteiger partial charge < -0.3 is 10.6 Å². The third-order valence-corrected chi connectivity index (χ3v) is 5.63. The largest absolute Gasteiger partial charge is 0.356 e. The number of rotatable bonds is 11. The molecule has 0 aliphatic heterocycles. The van der Waals surface area contributed by atoms with E-state index in [0.29, 0.717) is 10.8 Å². The van der Waals surface area contributed by atoms with Crippen LogP contribution in [0.3, 0.4) is 0 Å². The van der Waals surface area contributed by atoms with Gasteiger partial charge in [-0.05, 0) is 42.9 Å². The van der Waals surface area contributed by atoms with Crippen LogP contribution in [0.15, 0.2) is 34.2 Å². The normalized spacial score (nSPS) is 13.5. The number of benzene rings is 1. The molecule has 0 saturated heterocycles. The molecule has 0 aliphatic rings. The lowest BCUT2D eigenvalue weighted by atomic mass is 9.97. The molecular formula is C20H35N3O2S. The van der Waals surface area contributed by atoms with E-state index >= 15 is 0 Å². The molecule has 148 valence electrons. The molecule has 0 bridgehead atoms. The Hall–Kier alpha value is -1.56. The SMILES string of the molecule is CCCCC(CCC)CNC(=NC)NCCc1ccc(S(C)(=O)=O)cc1. The quantitative estimate of drug-likeness (QED) is 0.455. The van der Waals surface area contributed by atoms with Crippen molar-refractivity contribution in [3.63, 3.8) is 0 Å². The summed E-state index contributed by atoms with van der Waals surface area (Å²) in [6.45, 7) is 6.18. The zero-order valence-electron chi connectivity index (χ0n) is 16.7. The van der Waals surface area contributed by atoms with Crippen molar-refractivity contribution in [3.8, 4) is 0 Å². The molecule has 1 unspecified atom stereocenters. The van der Waals surface area contributed by atoms with Crippen LogP contribution in [-0.4, -0.2) is 40.8 Å². The van der Waals surface area contributed by atoms with Crippen LogP contribution in [0.4, 0.5) is 0 Å². The first-order valence-corrected chi connectivity index (χ1v) is 11.5. The van der Waals surface area contributed by atoms with Crippen molar-refractivity contribution < 1.29 is 8.42 Å². The van der Waals surface area contributed by atoms with E-state index < -0.39 is 9.84 Å². The first kappa shape index (κ1) is 22.5. The number of nitrogens with zero attached hydrogens (tertiary/aromatic N) is 1. The Morgan fingerprint density at radius 2 is 1.77 bits per heavy atom. The van der Waals surface area contributed by atoms with Gasteiger partial charge in [0.25, 0.3) is 0 Å². The van der Waals surface area contributed by atoms with Crippen LogP contribution in [0.5, 0.6) is 0 Å². The van der Waals surface area contributed by atoms with E-state index in [0.717, 1.165) is 31.0 Å². The molecule has 26 heavy (non-hydrogen) atoms. The molecule has 1 aromatic carbocycles. The molecule has 0 fully saturated rings. The molecule has 1 rings (SSSR count). The Morgan fingerprint density at radius 1 is 1.08 bits per heavy atom. The molecule has 0 heterocycles. The highest BCUT2D eigenvalue weighted by molar-refractivity contribution is 7.90. The second-order valence-corrected chi connectivity index (χ2v) is 8.86. The zero-order chi connectivity index (χ0) is 19.4. The first-order valence-electron chi connectivity index (χ1n) is 9.64. The Labute approximate surface area is 159 Å². The van der Waals surface area contributed by atoms with Gasteiger partial charge in [0.15, 0.2) is 15.8 Å². The van der Waals surface area contributed by atoms with Crippen LogP contribution in [-0.2, 0) is 16.3 Å². The Bertz CT molecular complexity index is 640. The molecule has 0 spiro atoms. The molecular weight excluding hydrogens is 346 g/mol. The number of hydrogen-bond acceptors (Lipinski definition) is 3. The third kappa shape index (κ3) is 8.70. The van der Waals surface area contributed by atoms with Crippen LogP contribution in [0.1, 0.15) is 51.5 Å². The highest BCUT2D eigenvalue weighted by Crippen LogP contribution is 2.14. The highest BCUT2D eigenvalue weighted by atomic mass is 32.2. The van der Waals surface area contributed by atoms with Gasteiger partial charge in [-0.2, -0.15) is 0 Å².